The minimum absolute atomic E-state index is 0.223. The summed E-state index contributed by atoms with van der Waals surface area (Å²) in [5, 5.41) is 10.2. The average molecular weight is 256 g/mol. The van der Waals surface area contributed by atoms with E-state index in [9.17, 15) is 5.11 Å². The molecule has 0 aliphatic rings. The monoisotopic (exact) mass is 256 g/mol. The second-order valence-corrected chi connectivity index (χ2v) is 5.96. The van der Waals surface area contributed by atoms with Crippen molar-refractivity contribution >= 4 is 14.0 Å². The number of phenolic OH excluding ortho intramolecular Hbond substituents is 1. The fraction of sp³-hybridized carbons (Fsp3) is 0.500. The van der Waals surface area contributed by atoms with Crippen LogP contribution in [0, 0.1) is 0 Å². The van der Waals surface area contributed by atoms with Gasteiger partial charge in [0.05, 0.1) is 0 Å². The third-order valence-electron chi connectivity index (χ3n) is 2.22. The van der Waals surface area contributed by atoms with E-state index in [1.54, 1.807) is 24.3 Å². The molecule has 1 rings (SSSR count). The zero-order chi connectivity index (χ0) is 12.7. The van der Waals surface area contributed by atoms with Crippen LogP contribution in [0.4, 0.5) is 0 Å². The third kappa shape index (κ3) is 3.54. The lowest BCUT2D eigenvalue weighted by atomic mass is 10.3. The van der Waals surface area contributed by atoms with Crippen molar-refractivity contribution in [2.75, 3.05) is 19.8 Å². The van der Waals surface area contributed by atoms with Gasteiger partial charge >= 0.3 is 8.80 Å². The summed E-state index contributed by atoms with van der Waals surface area (Å²) < 4.78 is 17.2. The molecule has 5 heteroatoms. The van der Waals surface area contributed by atoms with Gasteiger partial charge in [0.25, 0.3) is 0 Å². The summed E-state index contributed by atoms with van der Waals surface area (Å²) in [5.74, 6) is 0.223. The van der Waals surface area contributed by atoms with Gasteiger partial charge in [0, 0.05) is 25.0 Å². The minimum Gasteiger partial charge on any atom is -0.508 e. The predicted octanol–water partition coefficient (Wildman–Crippen LogP) is 1.65. The molecule has 0 saturated heterocycles. The van der Waals surface area contributed by atoms with Gasteiger partial charge in [0.2, 0.25) is 0 Å². The maximum Gasteiger partial charge on any atom is 0.537 e. The van der Waals surface area contributed by atoms with Crippen LogP contribution in [0.15, 0.2) is 24.3 Å². The highest BCUT2D eigenvalue weighted by Crippen LogP contribution is 2.13. The van der Waals surface area contributed by atoms with Crippen LogP contribution < -0.4 is 5.19 Å². The molecule has 4 nitrogen and oxygen atoms in total. The van der Waals surface area contributed by atoms with Crippen molar-refractivity contribution in [2.24, 2.45) is 0 Å². The number of phenols is 1. The molecule has 1 N–H and O–H groups in total. The van der Waals surface area contributed by atoms with E-state index in [0.29, 0.717) is 19.8 Å². The predicted molar refractivity (Wildman–Crippen MR) is 68.4 cm³/mol. The molecule has 17 heavy (non-hydrogen) atoms. The minimum atomic E-state index is -2.81. The van der Waals surface area contributed by atoms with Gasteiger partial charge in [-0.2, -0.15) is 0 Å². The number of rotatable bonds is 7. The molecule has 0 fully saturated rings. The zero-order valence-corrected chi connectivity index (χ0v) is 11.6. The van der Waals surface area contributed by atoms with Crippen molar-refractivity contribution in [1.29, 1.82) is 0 Å². The molecular weight excluding hydrogens is 236 g/mol. The van der Waals surface area contributed by atoms with Gasteiger partial charge < -0.3 is 18.4 Å². The van der Waals surface area contributed by atoms with E-state index >= 15 is 0 Å². The van der Waals surface area contributed by atoms with Crippen LogP contribution in [0.1, 0.15) is 20.8 Å². The first-order valence-corrected chi connectivity index (χ1v) is 7.62. The van der Waals surface area contributed by atoms with Crippen LogP contribution in [-0.4, -0.2) is 33.7 Å². The van der Waals surface area contributed by atoms with E-state index in [-0.39, 0.29) is 5.75 Å². The van der Waals surface area contributed by atoms with E-state index in [4.69, 9.17) is 13.3 Å². The third-order valence-corrected chi connectivity index (χ3v) is 5.27. The number of hydrogen-bond donors (Lipinski definition) is 1. The van der Waals surface area contributed by atoms with Gasteiger partial charge in [-0.1, -0.05) is 12.1 Å². The molecule has 0 aromatic heterocycles. The molecule has 0 aliphatic carbocycles. The normalized spacial score (nSPS) is 11.7. The highest BCUT2D eigenvalue weighted by Gasteiger charge is 2.43. The van der Waals surface area contributed by atoms with Crippen LogP contribution >= 0.6 is 0 Å². The van der Waals surface area contributed by atoms with Gasteiger partial charge in [-0.15, -0.1) is 0 Å². The standard InChI is InChI=1S/C12H20O4Si/c1-4-14-17(15-5-2,16-6-3)12-9-7-11(13)8-10-12/h7-10,13H,4-6H2,1-3H3. The molecule has 0 atom stereocenters. The van der Waals surface area contributed by atoms with Crippen molar-refractivity contribution < 1.29 is 18.4 Å². The summed E-state index contributed by atoms with van der Waals surface area (Å²) in [6, 6.07) is 6.83. The van der Waals surface area contributed by atoms with E-state index in [0.717, 1.165) is 5.19 Å². The zero-order valence-electron chi connectivity index (χ0n) is 10.6. The van der Waals surface area contributed by atoms with Crippen LogP contribution in [-0.2, 0) is 13.3 Å². The van der Waals surface area contributed by atoms with Crippen LogP contribution in [0.2, 0.25) is 0 Å². The molecule has 0 amide bonds. The summed E-state index contributed by atoms with van der Waals surface area (Å²) >= 11 is 0. The van der Waals surface area contributed by atoms with Crippen LogP contribution in [0.25, 0.3) is 0 Å². The molecule has 0 heterocycles. The molecule has 1 aromatic carbocycles. The first-order chi connectivity index (χ1) is 8.18. The first kappa shape index (κ1) is 14.2. The second kappa shape index (κ2) is 6.76. The van der Waals surface area contributed by atoms with Crippen molar-refractivity contribution in [3.63, 3.8) is 0 Å². The van der Waals surface area contributed by atoms with Crippen LogP contribution in [0.3, 0.4) is 0 Å². The molecule has 0 bridgehead atoms. The van der Waals surface area contributed by atoms with Crippen molar-refractivity contribution in [3.8, 4) is 5.75 Å². The Hall–Kier alpha value is -0.883. The molecule has 1 aromatic rings. The molecule has 0 radical (unpaired) electrons. The fourth-order valence-corrected chi connectivity index (χ4v) is 4.08. The van der Waals surface area contributed by atoms with Crippen molar-refractivity contribution in [1.82, 2.24) is 0 Å². The molecule has 0 aliphatic heterocycles. The molecule has 0 saturated carbocycles. The molecule has 0 spiro atoms. The Labute approximate surface area is 104 Å². The SMILES string of the molecule is CCO[Si](OCC)(OCC)c1ccc(O)cc1. The lowest BCUT2D eigenvalue weighted by Crippen LogP contribution is -2.56. The molecular formula is C12H20O4Si. The van der Waals surface area contributed by atoms with Crippen molar-refractivity contribution in [2.45, 2.75) is 20.8 Å². The fourth-order valence-electron chi connectivity index (χ4n) is 1.61. The summed E-state index contributed by atoms with van der Waals surface area (Å²) in [6.07, 6.45) is 0. The Morgan fingerprint density at radius 2 is 1.29 bits per heavy atom. The van der Waals surface area contributed by atoms with E-state index < -0.39 is 8.80 Å². The maximum atomic E-state index is 9.31. The summed E-state index contributed by atoms with van der Waals surface area (Å²) in [4.78, 5) is 0. The van der Waals surface area contributed by atoms with E-state index in [1.165, 1.54) is 0 Å². The Morgan fingerprint density at radius 1 is 0.882 bits per heavy atom. The number of benzene rings is 1. The lowest BCUT2D eigenvalue weighted by Gasteiger charge is -2.28. The van der Waals surface area contributed by atoms with Gasteiger partial charge in [0.1, 0.15) is 5.75 Å². The Kier molecular flexibility index (Phi) is 5.63. The summed E-state index contributed by atoms with van der Waals surface area (Å²) in [5.41, 5.74) is 0. The van der Waals surface area contributed by atoms with Gasteiger partial charge in [-0.25, -0.2) is 0 Å². The Balaban J connectivity index is 3.04. The summed E-state index contributed by atoms with van der Waals surface area (Å²) in [6.45, 7) is 7.36. The smallest absolute Gasteiger partial charge is 0.508 e. The second-order valence-electron chi connectivity index (χ2n) is 3.40. The quantitative estimate of drug-likeness (QED) is 0.754. The Morgan fingerprint density at radius 3 is 1.65 bits per heavy atom. The van der Waals surface area contributed by atoms with E-state index in [1.807, 2.05) is 20.8 Å². The maximum absolute atomic E-state index is 9.31. The Bertz CT molecular complexity index is 309. The highest BCUT2D eigenvalue weighted by atomic mass is 28.4. The highest BCUT2D eigenvalue weighted by molar-refractivity contribution is 6.75. The van der Waals surface area contributed by atoms with Gasteiger partial charge in [-0.3, -0.25) is 0 Å². The van der Waals surface area contributed by atoms with Crippen molar-refractivity contribution in [3.05, 3.63) is 24.3 Å². The molecule has 0 unspecified atom stereocenters. The van der Waals surface area contributed by atoms with E-state index in [2.05, 4.69) is 0 Å². The van der Waals surface area contributed by atoms with Gasteiger partial charge in [-0.05, 0) is 32.9 Å². The van der Waals surface area contributed by atoms with Gasteiger partial charge in [0.15, 0.2) is 0 Å². The largest absolute Gasteiger partial charge is 0.537 e. The first-order valence-electron chi connectivity index (χ1n) is 5.89. The topological polar surface area (TPSA) is 47.9 Å². The number of hydrogen-bond acceptors (Lipinski definition) is 4. The summed E-state index contributed by atoms with van der Waals surface area (Å²) in [7, 11) is -2.81. The lowest BCUT2D eigenvalue weighted by molar-refractivity contribution is 0.0859. The average Bonchev–Trinajstić information content (AvgIpc) is 2.30. The molecule has 96 valence electrons. The van der Waals surface area contributed by atoms with Crippen LogP contribution in [0.5, 0.6) is 5.75 Å². The number of aromatic hydroxyl groups is 1.